The number of hydrogen-bond donors (Lipinski definition) is 2. The normalized spacial score (nSPS) is 15.6. The first kappa shape index (κ1) is 22.2. The van der Waals surface area contributed by atoms with Crippen LogP contribution in [0.15, 0.2) is 18.2 Å². The van der Waals surface area contributed by atoms with Crippen molar-refractivity contribution >= 4 is 29.6 Å². The molecule has 1 aliphatic rings. The SMILES string of the molecule is CCN(NC(=O)OC(C)(C)C)C(=O)c1ccc2c(c1)NC(=O)C(CC(=O)OC)C2. The first-order valence-electron chi connectivity index (χ1n) is 9.36. The highest BCUT2D eigenvalue weighted by Crippen LogP contribution is 2.28. The van der Waals surface area contributed by atoms with Crippen molar-refractivity contribution in [3.05, 3.63) is 29.3 Å². The average molecular weight is 405 g/mol. The van der Waals surface area contributed by atoms with E-state index in [4.69, 9.17) is 4.74 Å². The summed E-state index contributed by atoms with van der Waals surface area (Å²) in [4.78, 5) is 48.5. The van der Waals surface area contributed by atoms with Gasteiger partial charge in [0.05, 0.1) is 19.4 Å². The van der Waals surface area contributed by atoms with Gasteiger partial charge in [-0.1, -0.05) is 6.07 Å². The van der Waals surface area contributed by atoms with Gasteiger partial charge in [-0.3, -0.25) is 14.4 Å². The molecular formula is C20H27N3O6. The van der Waals surface area contributed by atoms with Crippen LogP contribution in [-0.4, -0.2) is 48.1 Å². The Morgan fingerprint density at radius 2 is 1.97 bits per heavy atom. The van der Waals surface area contributed by atoms with Crippen LogP contribution in [0.2, 0.25) is 0 Å². The van der Waals surface area contributed by atoms with Gasteiger partial charge in [0, 0.05) is 17.8 Å². The van der Waals surface area contributed by atoms with E-state index in [1.807, 2.05) is 0 Å². The number of carbonyl (C=O) groups is 4. The highest BCUT2D eigenvalue weighted by Gasteiger charge is 2.29. The van der Waals surface area contributed by atoms with Crippen molar-refractivity contribution in [2.45, 2.75) is 46.1 Å². The van der Waals surface area contributed by atoms with E-state index >= 15 is 0 Å². The molecule has 1 aromatic carbocycles. The summed E-state index contributed by atoms with van der Waals surface area (Å²) < 4.78 is 9.80. The summed E-state index contributed by atoms with van der Waals surface area (Å²) in [6.45, 7) is 7.12. The summed E-state index contributed by atoms with van der Waals surface area (Å²) in [5, 5.41) is 3.87. The van der Waals surface area contributed by atoms with Crippen LogP contribution in [-0.2, 0) is 25.5 Å². The third-order valence-electron chi connectivity index (χ3n) is 4.28. The second kappa shape index (κ2) is 8.93. The number of methoxy groups -OCH3 is 1. The maximum atomic E-state index is 12.8. The molecule has 0 saturated carbocycles. The van der Waals surface area contributed by atoms with E-state index in [0.717, 1.165) is 10.6 Å². The Labute approximate surface area is 169 Å². The summed E-state index contributed by atoms with van der Waals surface area (Å²) in [5.74, 6) is -1.71. The first-order valence-corrected chi connectivity index (χ1v) is 9.36. The van der Waals surface area contributed by atoms with E-state index in [2.05, 4.69) is 15.5 Å². The van der Waals surface area contributed by atoms with Gasteiger partial charge in [0.1, 0.15) is 5.60 Å². The van der Waals surface area contributed by atoms with Crippen LogP contribution in [0.5, 0.6) is 0 Å². The molecule has 0 aliphatic carbocycles. The average Bonchev–Trinajstić information content (AvgIpc) is 2.64. The van der Waals surface area contributed by atoms with Crippen molar-refractivity contribution in [1.29, 1.82) is 0 Å². The van der Waals surface area contributed by atoms with Crippen LogP contribution < -0.4 is 10.7 Å². The number of amides is 3. The summed E-state index contributed by atoms with van der Waals surface area (Å²) in [7, 11) is 1.28. The Morgan fingerprint density at radius 1 is 1.28 bits per heavy atom. The van der Waals surface area contributed by atoms with Crippen molar-refractivity contribution in [1.82, 2.24) is 10.4 Å². The molecule has 1 unspecified atom stereocenters. The molecule has 3 amide bonds. The minimum Gasteiger partial charge on any atom is -0.469 e. The predicted molar refractivity (Wildman–Crippen MR) is 105 cm³/mol. The zero-order chi connectivity index (χ0) is 21.8. The van der Waals surface area contributed by atoms with E-state index in [1.54, 1.807) is 45.9 Å². The predicted octanol–water partition coefficient (Wildman–Crippen LogP) is 2.26. The summed E-state index contributed by atoms with van der Waals surface area (Å²) in [6, 6.07) is 4.91. The Hall–Kier alpha value is -3.10. The fourth-order valence-electron chi connectivity index (χ4n) is 2.89. The maximum Gasteiger partial charge on any atom is 0.426 e. The van der Waals surface area contributed by atoms with E-state index < -0.39 is 29.5 Å². The molecule has 0 radical (unpaired) electrons. The van der Waals surface area contributed by atoms with Crippen LogP contribution in [0.1, 0.15) is 50.0 Å². The Kier molecular flexibility index (Phi) is 6.84. The molecule has 1 aromatic rings. The lowest BCUT2D eigenvalue weighted by atomic mass is 9.90. The van der Waals surface area contributed by atoms with Crippen molar-refractivity contribution in [2.75, 3.05) is 19.0 Å². The zero-order valence-corrected chi connectivity index (χ0v) is 17.3. The van der Waals surface area contributed by atoms with Gasteiger partial charge in [-0.05, 0) is 51.8 Å². The number of carbonyl (C=O) groups excluding carboxylic acids is 4. The highest BCUT2D eigenvalue weighted by atomic mass is 16.6. The van der Waals surface area contributed by atoms with Crippen LogP contribution >= 0.6 is 0 Å². The van der Waals surface area contributed by atoms with Crippen molar-refractivity contribution in [2.24, 2.45) is 5.92 Å². The van der Waals surface area contributed by atoms with Crippen LogP contribution in [0, 0.1) is 5.92 Å². The standard InChI is InChI=1S/C20H27N3O6/c1-6-23(22-19(27)29-20(2,3)4)18(26)13-8-7-12-9-14(11-16(24)28-5)17(25)21-15(12)10-13/h7-8,10,14H,6,9,11H2,1-5H3,(H,21,25)(H,22,27). The van der Waals surface area contributed by atoms with Gasteiger partial charge < -0.3 is 14.8 Å². The molecule has 0 bridgehead atoms. The molecule has 158 valence electrons. The minimum atomic E-state index is -0.732. The minimum absolute atomic E-state index is 0.00806. The maximum absolute atomic E-state index is 12.8. The molecular weight excluding hydrogens is 378 g/mol. The lowest BCUT2D eigenvalue weighted by Crippen LogP contribution is -2.47. The quantitative estimate of drug-likeness (QED) is 0.587. The summed E-state index contributed by atoms with van der Waals surface area (Å²) in [5.41, 5.74) is 3.36. The molecule has 1 atom stereocenters. The number of benzene rings is 1. The third-order valence-corrected chi connectivity index (χ3v) is 4.28. The fraction of sp³-hybridized carbons (Fsp3) is 0.500. The molecule has 2 rings (SSSR count). The molecule has 1 heterocycles. The lowest BCUT2D eigenvalue weighted by molar-refractivity contribution is -0.143. The molecule has 9 heteroatoms. The third kappa shape index (κ3) is 5.94. The molecule has 0 aromatic heterocycles. The molecule has 29 heavy (non-hydrogen) atoms. The van der Waals surface area contributed by atoms with E-state index in [1.165, 1.54) is 7.11 Å². The Morgan fingerprint density at radius 3 is 2.55 bits per heavy atom. The molecule has 9 nitrogen and oxygen atoms in total. The van der Waals surface area contributed by atoms with Crippen LogP contribution in [0.4, 0.5) is 10.5 Å². The van der Waals surface area contributed by atoms with Gasteiger partial charge in [-0.15, -0.1) is 0 Å². The number of nitrogens with zero attached hydrogens (tertiary/aromatic N) is 1. The van der Waals surface area contributed by atoms with Crippen molar-refractivity contribution in [3.63, 3.8) is 0 Å². The van der Waals surface area contributed by atoms with E-state index in [9.17, 15) is 19.2 Å². The molecule has 0 spiro atoms. The van der Waals surface area contributed by atoms with Gasteiger partial charge >= 0.3 is 12.1 Å². The van der Waals surface area contributed by atoms with Crippen LogP contribution in [0.25, 0.3) is 0 Å². The first-order chi connectivity index (χ1) is 13.5. The number of hydrogen-bond acceptors (Lipinski definition) is 6. The number of fused-ring (bicyclic) bond motifs is 1. The molecule has 1 aliphatic heterocycles. The molecule has 0 fully saturated rings. The summed E-state index contributed by atoms with van der Waals surface area (Å²) in [6.07, 6.45) is -0.366. The monoisotopic (exact) mass is 405 g/mol. The van der Waals surface area contributed by atoms with Crippen molar-refractivity contribution < 1.29 is 28.7 Å². The fourth-order valence-corrected chi connectivity index (χ4v) is 2.89. The van der Waals surface area contributed by atoms with Gasteiger partial charge in [-0.25, -0.2) is 15.2 Å². The number of rotatable bonds is 4. The number of hydrazine groups is 1. The van der Waals surface area contributed by atoms with Gasteiger partial charge in [0.15, 0.2) is 0 Å². The number of anilines is 1. The smallest absolute Gasteiger partial charge is 0.426 e. The van der Waals surface area contributed by atoms with Crippen LogP contribution in [0.3, 0.4) is 0 Å². The second-order valence-corrected chi connectivity index (χ2v) is 7.71. The second-order valence-electron chi connectivity index (χ2n) is 7.71. The lowest BCUT2D eigenvalue weighted by Gasteiger charge is -2.27. The zero-order valence-electron chi connectivity index (χ0n) is 17.3. The highest BCUT2D eigenvalue weighted by molar-refractivity contribution is 6.01. The molecule has 2 N–H and O–H groups in total. The largest absolute Gasteiger partial charge is 0.469 e. The van der Waals surface area contributed by atoms with Crippen molar-refractivity contribution in [3.8, 4) is 0 Å². The summed E-state index contributed by atoms with van der Waals surface area (Å²) >= 11 is 0. The number of esters is 1. The Bertz CT molecular complexity index is 815. The Balaban J connectivity index is 2.13. The topological polar surface area (TPSA) is 114 Å². The van der Waals surface area contributed by atoms with Gasteiger partial charge in [-0.2, -0.15) is 0 Å². The van der Waals surface area contributed by atoms with E-state index in [-0.39, 0.29) is 18.9 Å². The molecule has 0 saturated heterocycles. The number of ether oxygens (including phenoxy) is 2. The number of nitrogens with one attached hydrogen (secondary N) is 2. The van der Waals surface area contributed by atoms with Gasteiger partial charge in [0.25, 0.3) is 5.91 Å². The van der Waals surface area contributed by atoms with E-state index in [0.29, 0.717) is 17.7 Å². The van der Waals surface area contributed by atoms with Gasteiger partial charge in [0.2, 0.25) is 5.91 Å².